The monoisotopic (exact) mass is 516 g/mol. The summed E-state index contributed by atoms with van der Waals surface area (Å²) in [6.07, 6.45) is -0.423. The van der Waals surface area contributed by atoms with Crippen molar-refractivity contribution in [3.63, 3.8) is 0 Å². The molecule has 1 atom stereocenters. The predicted molar refractivity (Wildman–Crippen MR) is 132 cm³/mol. The normalized spacial score (nSPS) is 12.0. The van der Waals surface area contributed by atoms with Crippen LogP contribution in [0.1, 0.15) is 18.4 Å². The van der Waals surface area contributed by atoms with E-state index in [1.807, 2.05) is 42.5 Å². The highest BCUT2D eigenvalue weighted by Gasteiger charge is 2.25. The van der Waals surface area contributed by atoms with Crippen molar-refractivity contribution >= 4 is 33.7 Å². The number of sulfonamides is 1. The molecule has 1 unspecified atom stereocenters. The Balaban J connectivity index is 1.50. The Morgan fingerprint density at radius 1 is 0.914 bits per heavy atom. The van der Waals surface area contributed by atoms with Crippen LogP contribution in [-0.4, -0.2) is 38.2 Å². The van der Waals surface area contributed by atoms with E-state index < -0.39 is 28.1 Å². The SMILES string of the molecule is O=C(NCCCC(NS(=O)(=O)c1ccc(-c2ccc(Cl)cc2)cc1)C(=O)O)OCc1ccccc1. The van der Waals surface area contributed by atoms with Gasteiger partial charge in [-0.05, 0) is 53.8 Å². The van der Waals surface area contributed by atoms with Gasteiger partial charge in [0.25, 0.3) is 0 Å². The molecule has 10 heteroatoms. The maximum atomic E-state index is 12.7. The Labute approximate surface area is 208 Å². The maximum absolute atomic E-state index is 12.7. The molecule has 0 fully saturated rings. The van der Waals surface area contributed by atoms with E-state index >= 15 is 0 Å². The minimum absolute atomic E-state index is 0.0175. The van der Waals surface area contributed by atoms with Crippen molar-refractivity contribution in [3.05, 3.63) is 89.4 Å². The second-order valence-electron chi connectivity index (χ2n) is 7.67. The number of carboxylic acid groups (broad SMARTS) is 1. The third-order valence-corrected chi connectivity index (χ3v) is 6.83. The summed E-state index contributed by atoms with van der Waals surface area (Å²) in [5.41, 5.74) is 2.49. The number of carboxylic acids is 1. The first kappa shape index (κ1) is 26.2. The fourth-order valence-electron chi connectivity index (χ4n) is 3.23. The van der Waals surface area contributed by atoms with Crippen LogP contribution in [0.5, 0.6) is 0 Å². The van der Waals surface area contributed by atoms with Gasteiger partial charge in [0.15, 0.2) is 0 Å². The highest BCUT2D eigenvalue weighted by Crippen LogP contribution is 2.23. The minimum Gasteiger partial charge on any atom is -0.480 e. The van der Waals surface area contributed by atoms with E-state index in [0.717, 1.165) is 16.7 Å². The highest BCUT2D eigenvalue weighted by molar-refractivity contribution is 7.89. The van der Waals surface area contributed by atoms with Crippen molar-refractivity contribution in [2.75, 3.05) is 6.54 Å². The molecule has 0 aromatic heterocycles. The third kappa shape index (κ3) is 8.10. The van der Waals surface area contributed by atoms with Crippen LogP contribution in [-0.2, 0) is 26.2 Å². The van der Waals surface area contributed by atoms with Gasteiger partial charge < -0.3 is 15.2 Å². The molecular weight excluding hydrogens is 492 g/mol. The number of carbonyl (C=O) groups excluding carboxylic acids is 1. The summed E-state index contributed by atoms with van der Waals surface area (Å²) in [5.74, 6) is -1.31. The number of carbonyl (C=O) groups is 2. The average molecular weight is 517 g/mol. The van der Waals surface area contributed by atoms with Gasteiger partial charge in [-0.1, -0.05) is 66.2 Å². The van der Waals surface area contributed by atoms with Crippen molar-refractivity contribution in [3.8, 4) is 11.1 Å². The third-order valence-electron chi connectivity index (χ3n) is 5.09. The molecule has 8 nitrogen and oxygen atoms in total. The molecule has 0 bridgehead atoms. The number of nitrogens with one attached hydrogen (secondary N) is 2. The van der Waals surface area contributed by atoms with Gasteiger partial charge >= 0.3 is 12.1 Å². The van der Waals surface area contributed by atoms with Crippen LogP contribution < -0.4 is 10.0 Å². The topological polar surface area (TPSA) is 122 Å². The first-order chi connectivity index (χ1) is 16.7. The van der Waals surface area contributed by atoms with Crippen LogP contribution in [0.3, 0.4) is 0 Å². The Hall–Kier alpha value is -3.40. The van der Waals surface area contributed by atoms with Gasteiger partial charge in [0.1, 0.15) is 12.6 Å². The average Bonchev–Trinajstić information content (AvgIpc) is 2.85. The van der Waals surface area contributed by atoms with Gasteiger partial charge in [0.05, 0.1) is 4.90 Å². The number of amides is 1. The molecule has 0 saturated heterocycles. The Kier molecular flexibility index (Phi) is 9.25. The number of hydrogen-bond donors (Lipinski definition) is 3. The summed E-state index contributed by atoms with van der Waals surface area (Å²) in [4.78, 5) is 23.3. The molecule has 0 spiro atoms. The number of ether oxygens (including phenoxy) is 1. The lowest BCUT2D eigenvalue weighted by Crippen LogP contribution is -2.41. The van der Waals surface area contributed by atoms with Crippen molar-refractivity contribution < 1.29 is 27.9 Å². The van der Waals surface area contributed by atoms with Crippen molar-refractivity contribution in [1.29, 1.82) is 0 Å². The number of halogens is 1. The molecule has 0 aliphatic heterocycles. The standard InChI is InChI=1S/C25H25ClN2O6S/c26-21-12-8-19(9-13-21)20-10-14-22(15-11-20)35(32,33)28-23(24(29)30)7-4-16-27-25(31)34-17-18-5-2-1-3-6-18/h1-3,5-6,8-15,23,28H,4,7,16-17H2,(H,27,31)(H,29,30). The van der Waals surface area contributed by atoms with Gasteiger partial charge in [-0.25, -0.2) is 13.2 Å². The lowest BCUT2D eigenvalue weighted by molar-refractivity contribution is -0.139. The first-order valence-corrected chi connectivity index (χ1v) is 12.7. The number of alkyl carbamates (subject to hydrolysis) is 1. The fourth-order valence-corrected chi connectivity index (χ4v) is 4.58. The number of benzene rings is 3. The van der Waals surface area contributed by atoms with E-state index in [4.69, 9.17) is 16.3 Å². The Morgan fingerprint density at radius 2 is 1.51 bits per heavy atom. The Bertz CT molecular complexity index is 1230. The molecule has 0 saturated carbocycles. The molecule has 3 rings (SSSR count). The number of hydrogen-bond acceptors (Lipinski definition) is 5. The summed E-state index contributed by atoms with van der Waals surface area (Å²) < 4.78 is 32.7. The molecule has 3 aromatic rings. The smallest absolute Gasteiger partial charge is 0.407 e. The zero-order valence-corrected chi connectivity index (χ0v) is 20.3. The van der Waals surface area contributed by atoms with Crippen LogP contribution in [0, 0.1) is 0 Å². The molecule has 3 N–H and O–H groups in total. The summed E-state index contributed by atoms with van der Waals surface area (Å²) in [5, 5.41) is 12.6. The summed E-state index contributed by atoms with van der Waals surface area (Å²) in [6.45, 7) is 0.246. The van der Waals surface area contributed by atoms with Crippen molar-refractivity contribution in [2.45, 2.75) is 30.4 Å². The lowest BCUT2D eigenvalue weighted by Gasteiger charge is -2.15. The molecule has 0 heterocycles. The second kappa shape index (κ2) is 12.3. The summed E-state index contributed by atoms with van der Waals surface area (Å²) in [6, 6.07) is 21.0. The number of rotatable bonds is 11. The van der Waals surface area contributed by atoms with Crippen LogP contribution >= 0.6 is 11.6 Å². The van der Waals surface area contributed by atoms with E-state index in [-0.39, 0.29) is 30.9 Å². The highest BCUT2D eigenvalue weighted by atomic mass is 35.5. The fraction of sp³-hybridized carbons (Fsp3) is 0.200. The van der Waals surface area contributed by atoms with Gasteiger partial charge in [-0.2, -0.15) is 4.72 Å². The van der Waals surface area contributed by atoms with Crippen LogP contribution in [0.25, 0.3) is 11.1 Å². The van der Waals surface area contributed by atoms with Crippen molar-refractivity contribution in [1.82, 2.24) is 10.0 Å². The zero-order chi connectivity index (χ0) is 25.3. The van der Waals surface area contributed by atoms with Gasteiger partial charge in [-0.15, -0.1) is 0 Å². The molecule has 0 aliphatic carbocycles. The summed E-state index contributed by atoms with van der Waals surface area (Å²) in [7, 11) is -4.07. The molecule has 184 valence electrons. The molecule has 35 heavy (non-hydrogen) atoms. The first-order valence-electron chi connectivity index (χ1n) is 10.8. The van der Waals surface area contributed by atoms with Crippen LogP contribution in [0.2, 0.25) is 5.02 Å². The molecule has 3 aromatic carbocycles. The maximum Gasteiger partial charge on any atom is 0.407 e. The van der Waals surface area contributed by atoms with E-state index in [1.54, 1.807) is 24.3 Å². The van der Waals surface area contributed by atoms with Gasteiger partial charge in [-0.3, -0.25) is 4.79 Å². The van der Waals surface area contributed by atoms with Gasteiger partial charge in [0, 0.05) is 11.6 Å². The summed E-state index contributed by atoms with van der Waals surface area (Å²) >= 11 is 5.89. The molecular formula is C25H25ClN2O6S. The van der Waals surface area contributed by atoms with E-state index in [9.17, 15) is 23.1 Å². The lowest BCUT2D eigenvalue weighted by atomic mass is 10.1. The largest absolute Gasteiger partial charge is 0.480 e. The molecule has 1 amide bonds. The second-order valence-corrected chi connectivity index (χ2v) is 9.82. The van der Waals surface area contributed by atoms with E-state index in [0.29, 0.717) is 5.02 Å². The predicted octanol–water partition coefficient (Wildman–Crippen LogP) is 4.45. The Morgan fingerprint density at radius 3 is 2.11 bits per heavy atom. The van der Waals surface area contributed by atoms with Crippen LogP contribution in [0.4, 0.5) is 4.79 Å². The van der Waals surface area contributed by atoms with E-state index in [2.05, 4.69) is 10.0 Å². The number of aliphatic carboxylic acids is 1. The minimum atomic E-state index is -4.07. The molecule has 0 radical (unpaired) electrons. The molecule has 0 aliphatic rings. The van der Waals surface area contributed by atoms with E-state index in [1.165, 1.54) is 12.1 Å². The van der Waals surface area contributed by atoms with Gasteiger partial charge in [0.2, 0.25) is 10.0 Å². The van der Waals surface area contributed by atoms with Crippen molar-refractivity contribution in [2.24, 2.45) is 0 Å². The van der Waals surface area contributed by atoms with Crippen LogP contribution in [0.15, 0.2) is 83.8 Å². The quantitative estimate of drug-likeness (QED) is 0.324. The zero-order valence-electron chi connectivity index (χ0n) is 18.7.